The number of anilines is 1. The van der Waals surface area contributed by atoms with Crippen LogP contribution in [-0.4, -0.2) is 52.8 Å². The topological polar surface area (TPSA) is 78.7 Å². The SMILES string of the molecule is O=C(Nc1nc2c(s1)CN(CC(=O)N1CCCCC1)CC2)c1ccoc1. The molecule has 26 heavy (non-hydrogen) atoms. The van der Waals surface area contributed by atoms with Crippen molar-refractivity contribution in [1.29, 1.82) is 0 Å². The quantitative estimate of drug-likeness (QED) is 0.889. The maximum Gasteiger partial charge on any atom is 0.260 e. The van der Waals surface area contributed by atoms with Crippen LogP contribution in [0.2, 0.25) is 0 Å². The van der Waals surface area contributed by atoms with Crippen LogP contribution in [0.4, 0.5) is 5.13 Å². The van der Waals surface area contributed by atoms with E-state index in [4.69, 9.17) is 4.42 Å². The second kappa shape index (κ2) is 7.59. The van der Waals surface area contributed by atoms with Gasteiger partial charge in [0.1, 0.15) is 6.26 Å². The number of aromatic nitrogens is 1. The lowest BCUT2D eigenvalue weighted by Crippen LogP contribution is -2.43. The minimum absolute atomic E-state index is 0.220. The Hall–Kier alpha value is -2.19. The van der Waals surface area contributed by atoms with Gasteiger partial charge in [-0.05, 0) is 25.3 Å². The van der Waals surface area contributed by atoms with Crippen molar-refractivity contribution in [3.05, 3.63) is 34.7 Å². The van der Waals surface area contributed by atoms with E-state index in [9.17, 15) is 9.59 Å². The highest BCUT2D eigenvalue weighted by molar-refractivity contribution is 7.15. The van der Waals surface area contributed by atoms with Gasteiger partial charge < -0.3 is 9.32 Å². The summed E-state index contributed by atoms with van der Waals surface area (Å²) in [6.45, 7) is 3.79. The summed E-state index contributed by atoms with van der Waals surface area (Å²) in [5.41, 5.74) is 1.51. The summed E-state index contributed by atoms with van der Waals surface area (Å²) in [6, 6.07) is 1.62. The normalized spacial score (nSPS) is 17.8. The van der Waals surface area contributed by atoms with Gasteiger partial charge in [-0.25, -0.2) is 4.98 Å². The van der Waals surface area contributed by atoms with Gasteiger partial charge in [0.15, 0.2) is 5.13 Å². The van der Waals surface area contributed by atoms with E-state index in [0.29, 0.717) is 23.8 Å². The van der Waals surface area contributed by atoms with E-state index in [0.717, 1.165) is 49.5 Å². The summed E-state index contributed by atoms with van der Waals surface area (Å²) in [5.74, 6) is 0.00753. The van der Waals surface area contributed by atoms with Gasteiger partial charge in [0, 0.05) is 37.5 Å². The van der Waals surface area contributed by atoms with E-state index >= 15 is 0 Å². The molecule has 0 radical (unpaired) electrons. The molecule has 8 heteroatoms. The van der Waals surface area contributed by atoms with Gasteiger partial charge in [-0.3, -0.25) is 19.8 Å². The van der Waals surface area contributed by atoms with Crippen molar-refractivity contribution in [2.45, 2.75) is 32.2 Å². The van der Waals surface area contributed by atoms with Gasteiger partial charge in [0.05, 0.1) is 24.1 Å². The molecule has 0 bridgehead atoms. The molecule has 2 aliphatic rings. The van der Waals surface area contributed by atoms with Crippen LogP contribution in [0, 0.1) is 0 Å². The average Bonchev–Trinajstić information content (AvgIpc) is 3.31. The molecule has 138 valence electrons. The number of hydrogen-bond donors (Lipinski definition) is 1. The molecule has 1 N–H and O–H groups in total. The number of carbonyl (C=O) groups excluding carboxylic acids is 2. The highest BCUT2D eigenvalue weighted by atomic mass is 32.1. The van der Waals surface area contributed by atoms with E-state index in [-0.39, 0.29) is 11.8 Å². The molecule has 4 heterocycles. The summed E-state index contributed by atoms with van der Waals surface area (Å²) in [7, 11) is 0. The second-order valence-electron chi connectivity index (χ2n) is 6.76. The Balaban J connectivity index is 1.35. The zero-order valence-electron chi connectivity index (χ0n) is 14.6. The van der Waals surface area contributed by atoms with Crippen LogP contribution in [0.25, 0.3) is 0 Å². The monoisotopic (exact) mass is 374 g/mol. The third-order valence-electron chi connectivity index (χ3n) is 4.88. The van der Waals surface area contributed by atoms with Crippen molar-refractivity contribution in [1.82, 2.24) is 14.8 Å². The smallest absolute Gasteiger partial charge is 0.260 e. The lowest BCUT2D eigenvalue weighted by Gasteiger charge is -2.31. The number of nitrogens with zero attached hydrogens (tertiary/aromatic N) is 3. The van der Waals surface area contributed by atoms with Gasteiger partial charge >= 0.3 is 0 Å². The van der Waals surface area contributed by atoms with Crippen molar-refractivity contribution >= 4 is 28.3 Å². The molecule has 2 aromatic heterocycles. The maximum atomic E-state index is 12.5. The molecule has 0 saturated carbocycles. The van der Waals surface area contributed by atoms with Crippen molar-refractivity contribution in [2.75, 3.05) is 31.5 Å². The van der Waals surface area contributed by atoms with Crippen molar-refractivity contribution < 1.29 is 14.0 Å². The van der Waals surface area contributed by atoms with E-state index in [1.807, 2.05) is 4.90 Å². The third-order valence-corrected chi connectivity index (χ3v) is 5.88. The first kappa shape index (κ1) is 17.2. The third kappa shape index (κ3) is 3.81. The lowest BCUT2D eigenvalue weighted by atomic mass is 10.1. The number of nitrogens with one attached hydrogen (secondary N) is 1. The Bertz CT molecular complexity index is 780. The lowest BCUT2D eigenvalue weighted by molar-refractivity contribution is -0.133. The molecular formula is C18H22N4O3S. The first-order valence-corrected chi connectivity index (χ1v) is 9.83. The number of furan rings is 1. The average molecular weight is 374 g/mol. The largest absolute Gasteiger partial charge is 0.472 e. The standard InChI is InChI=1S/C18H22N4O3S/c23-16(22-6-2-1-3-7-22)11-21-8-4-14-15(10-21)26-18(19-14)20-17(24)13-5-9-25-12-13/h5,9,12H,1-4,6-8,10-11H2,(H,19,20,24). The van der Waals surface area contributed by atoms with Gasteiger partial charge in [-0.2, -0.15) is 0 Å². The summed E-state index contributed by atoms with van der Waals surface area (Å²) >= 11 is 1.49. The molecule has 1 fully saturated rings. The van der Waals surface area contributed by atoms with Crippen molar-refractivity contribution in [2.24, 2.45) is 0 Å². The summed E-state index contributed by atoms with van der Waals surface area (Å²) < 4.78 is 4.94. The number of rotatable bonds is 4. The Morgan fingerprint density at radius 1 is 1.23 bits per heavy atom. The van der Waals surface area contributed by atoms with Crippen LogP contribution in [-0.2, 0) is 17.8 Å². The van der Waals surface area contributed by atoms with Crippen LogP contribution in [0.3, 0.4) is 0 Å². The van der Waals surface area contributed by atoms with Gasteiger partial charge in [-0.15, -0.1) is 11.3 Å². The first-order valence-electron chi connectivity index (χ1n) is 9.01. The summed E-state index contributed by atoms with van der Waals surface area (Å²) in [4.78, 5) is 34.4. The number of thiazole rings is 1. The number of likely N-dealkylation sites (tertiary alicyclic amines) is 1. The molecule has 4 rings (SSSR count). The minimum atomic E-state index is -0.220. The fourth-order valence-corrected chi connectivity index (χ4v) is 4.48. The molecule has 0 aromatic carbocycles. The van der Waals surface area contributed by atoms with E-state index in [2.05, 4.69) is 15.2 Å². The van der Waals surface area contributed by atoms with Crippen molar-refractivity contribution in [3.8, 4) is 0 Å². The van der Waals surface area contributed by atoms with E-state index in [1.165, 1.54) is 30.3 Å². The Morgan fingerprint density at radius 2 is 2.08 bits per heavy atom. The van der Waals surface area contributed by atoms with Gasteiger partial charge in [0.25, 0.3) is 5.91 Å². The Kier molecular flexibility index (Phi) is 5.03. The number of carbonyl (C=O) groups is 2. The Morgan fingerprint density at radius 3 is 2.85 bits per heavy atom. The van der Waals surface area contributed by atoms with Crippen LogP contribution in [0.1, 0.15) is 40.2 Å². The number of fused-ring (bicyclic) bond motifs is 1. The molecule has 2 aliphatic heterocycles. The fourth-order valence-electron chi connectivity index (χ4n) is 3.43. The Labute approximate surface area is 156 Å². The van der Waals surface area contributed by atoms with E-state index < -0.39 is 0 Å². The van der Waals surface area contributed by atoms with E-state index in [1.54, 1.807) is 6.07 Å². The molecule has 2 aromatic rings. The summed E-state index contributed by atoms with van der Waals surface area (Å²) in [5, 5.41) is 3.43. The van der Waals surface area contributed by atoms with Crippen LogP contribution < -0.4 is 5.32 Å². The van der Waals surface area contributed by atoms with Crippen LogP contribution in [0.15, 0.2) is 23.0 Å². The zero-order valence-corrected chi connectivity index (χ0v) is 15.4. The fraction of sp³-hybridized carbons (Fsp3) is 0.500. The highest BCUT2D eigenvalue weighted by Crippen LogP contribution is 2.28. The molecule has 0 atom stereocenters. The van der Waals surface area contributed by atoms with Crippen LogP contribution >= 0.6 is 11.3 Å². The zero-order chi connectivity index (χ0) is 17.9. The molecule has 7 nitrogen and oxygen atoms in total. The van der Waals surface area contributed by atoms with Crippen molar-refractivity contribution in [3.63, 3.8) is 0 Å². The van der Waals surface area contributed by atoms with Gasteiger partial charge in [0.2, 0.25) is 5.91 Å². The molecule has 0 unspecified atom stereocenters. The van der Waals surface area contributed by atoms with Crippen LogP contribution in [0.5, 0.6) is 0 Å². The summed E-state index contributed by atoms with van der Waals surface area (Å²) in [6.07, 6.45) is 7.15. The number of hydrogen-bond acceptors (Lipinski definition) is 6. The first-order chi connectivity index (χ1) is 12.7. The molecule has 2 amide bonds. The molecular weight excluding hydrogens is 352 g/mol. The number of piperidine rings is 1. The molecule has 0 spiro atoms. The predicted octanol–water partition coefficient (Wildman–Crippen LogP) is 2.36. The molecule has 0 aliphatic carbocycles. The predicted molar refractivity (Wildman–Crippen MR) is 98.2 cm³/mol. The number of amides is 2. The second-order valence-corrected chi connectivity index (χ2v) is 7.84. The molecule has 1 saturated heterocycles. The maximum absolute atomic E-state index is 12.5. The van der Waals surface area contributed by atoms with Gasteiger partial charge in [-0.1, -0.05) is 0 Å². The highest BCUT2D eigenvalue weighted by Gasteiger charge is 2.25. The minimum Gasteiger partial charge on any atom is -0.472 e.